The summed E-state index contributed by atoms with van der Waals surface area (Å²) in [6.45, 7) is 2.33. The maximum absolute atomic E-state index is 11.6. The zero-order valence-electron chi connectivity index (χ0n) is 7.71. The third-order valence-electron chi connectivity index (χ3n) is 2.61. The van der Waals surface area contributed by atoms with E-state index in [4.69, 9.17) is 4.74 Å². The minimum atomic E-state index is 0.0364. The van der Waals surface area contributed by atoms with E-state index in [1.165, 1.54) is 6.42 Å². The lowest BCUT2D eigenvalue weighted by Crippen LogP contribution is -2.55. The minimum absolute atomic E-state index is 0.0364. The number of rotatable bonds is 2. The molecule has 2 heterocycles. The number of piperidine rings is 1. The second-order valence-electron chi connectivity index (χ2n) is 3.75. The Bertz CT molecular complexity index is 186. The Balaban J connectivity index is 1.74. The predicted molar refractivity (Wildman–Crippen MR) is 48.4 cm³/mol. The number of amides is 1. The van der Waals surface area contributed by atoms with Gasteiger partial charge in [0.2, 0.25) is 5.91 Å². The van der Waals surface area contributed by atoms with Crippen molar-refractivity contribution in [3.05, 3.63) is 0 Å². The molecule has 0 aliphatic carbocycles. The molecule has 0 radical (unpaired) electrons. The Kier molecular flexibility index (Phi) is 2.80. The first-order chi connectivity index (χ1) is 6.36. The van der Waals surface area contributed by atoms with Crippen molar-refractivity contribution in [2.24, 2.45) is 0 Å². The van der Waals surface area contributed by atoms with Crippen LogP contribution in [0.3, 0.4) is 0 Å². The maximum Gasteiger partial charge on any atom is 0.237 e. The van der Waals surface area contributed by atoms with Crippen LogP contribution in [0.25, 0.3) is 0 Å². The van der Waals surface area contributed by atoms with E-state index in [1.54, 1.807) is 0 Å². The Morgan fingerprint density at radius 3 is 2.77 bits per heavy atom. The van der Waals surface area contributed by atoms with Crippen LogP contribution in [0.1, 0.15) is 19.3 Å². The number of carbonyl (C=O) groups is 1. The van der Waals surface area contributed by atoms with E-state index >= 15 is 0 Å². The van der Waals surface area contributed by atoms with Gasteiger partial charge in [0.1, 0.15) is 0 Å². The second-order valence-corrected chi connectivity index (χ2v) is 3.75. The molecule has 4 heteroatoms. The number of hydrogen-bond acceptors (Lipinski definition) is 3. The van der Waals surface area contributed by atoms with E-state index in [0.29, 0.717) is 13.2 Å². The molecule has 2 rings (SSSR count). The molecule has 0 aromatic rings. The summed E-state index contributed by atoms with van der Waals surface area (Å²) in [5.74, 6) is 0.146. The molecular weight excluding hydrogens is 168 g/mol. The SMILES string of the molecule is O=C(NC1COC1)[C@H]1CCCCN1. The van der Waals surface area contributed by atoms with Gasteiger partial charge in [-0.2, -0.15) is 0 Å². The van der Waals surface area contributed by atoms with Crippen molar-refractivity contribution in [3.8, 4) is 0 Å². The average Bonchev–Trinajstić information content (AvgIpc) is 2.12. The van der Waals surface area contributed by atoms with Crippen molar-refractivity contribution < 1.29 is 9.53 Å². The highest BCUT2D eigenvalue weighted by Crippen LogP contribution is 2.08. The van der Waals surface area contributed by atoms with Crippen molar-refractivity contribution in [3.63, 3.8) is 0 Å². The first-order valence-electron chi connectivity index (χ1n) is 4.98. The lowest BCUT2D eigenvalue weighted by Gasteiger charge is -2.30. The Labute approximate surface area is 78.0 Å². The minimum Gasteiger partial charge on any atom is -0.377 e. The summed E-state index contributed by atoms with van der Waals surface area (Å²) in [7, 11) is 0. The van der Waals surface area contributed by atoms with Gasteiger partial charge in [-0.15, -0.1) is 0 Å². The highest BCUT2D eigenvalue weighted by molar-refractivity contribution is 5.82. The molecule has 13 heavy (non-hydrogen) atoms. The summed E-state index contributed by atoms with van der Waals surface area (Å²) in [5, 5.41) is 6.18. The Morgan fingerprint density at radius 1 is 1.38 bits per heavy atom. The topological polar surface area (TPSA) is 50.4 Å². The molecule has 0 saturated carbocycles. The second kappa shape index (κ2) is 4.07. The van der Waals surface area contributed by atoms with Crippen LogP contribution >= 0.6 is 0 Å². The van der Waals surface area contributed by atoms with Crippen molar-refractivity contribution >= 4 is 5.91 Å². The van der Waals surface area contributed by atoms with Gasteiger partial charge in [0, 0.05) is 0 Å². The van der Waals surface area contributed by atoms with Crippen molar-refractivity contribution in [2.45, 2.75) is 31.3 Å². The van der Waals surface area contributed by atoms with Crippen LogP contribution in [0.15, 0.2) is 0 Å². The molecule has 0 bridgehead atoms. The van der Waals surface area contributed by atoms with Crippen molar-refractivity contribution in [1.29, 1.82) is 0 Å². The molecule has 0 unspecified atom stereocenters. The summed E-state index contributed by atoms with van der Waals surface area (Å²) in [5.41, 5.74) is 0. The number of ether oxygens (including phenoxy) is 1. The monoisotopic (exact) mass is 184 g/mol. The lowest BCUT2D eigenvalue weighted by molar-refractivity contribution is -0.127. The molecule has 2 saturated heterocycles. The van der Waals surface area contributed by atoms with Crippen LogP contribution in [0.2, 0.25) is 0 Å². The molecule has 0 aromatic carbocycles. The number of hydrogen-bond donors (Lipinski definition) is 2. The standard InChI is InChI=1S/C9H16N2O2/c12-9(11-7-5-13-6-7)8-3-1-2-4-10-8/h7-8,10H,1-6H2,(H,11,12)/t8-/m1/s1. The molecule has 2 aliphatic rings. The predicted octanol–water partition coefficient (Wildman–Crippen LogP) is -0.357. The fourth-order valence-corrected chi connectivity index (χ4v) is 1.70. The molecule has 1 amide bonds. The molecular formula is C9H16N2O2. The molecule has 2 fully saturated rings. The fraction of sp³-hybridized carbons (Fsp3) is 0.889. The summed E-state index contributed by atoms with van der Waals surface area (Å²) in [4.78, 5) is 11.6. The van der Waals surface area contributed by atoms with Gasteiger partial charge in [0.15, 0.2) is 0 Å². The third kappa shape index (κ3) is 2.19. The van der Waals surface area contributed by atoms with Crippen LogP contribution in [0, 0.1) is 0 Å². The molecule has 0 aromatic heterocycles. The fourth-order valence-electron chi connectivity index (χ4n) is 1.70. The first-order valence-corrected chi connectivity index (χ1v) is 4.98. The zero-order chi connectivity index (χ0) is 9.10. The summed E-state index contributed by atoms with van der Waals surface area (Å²) >= 11 is 0. The van der Waals surface area contributed by atoms with Crippen LogP contribution in [0.4, 0.5) is 0 Å². The van der Waals surface area contributed by atoms with E-state index in [1.807, 2.05) is 0 Å². The average molecular weight is 184 g/mol. The zero-order valence-corrected chi connectivity index (χ0v) is 7.71. The van der Waals surface area contributed by atoms with Crippen molar-refractivity contribution in [2.75, 3.05) is 19.8 Å². The summed E-state index contributed by atoms with van der Waals surface area (Å²) in [6.07, 6.45) is 3.32. The normalized spacial score (nSPS) is 29.4. The molecule has 1 atom stereocenters. The Hall–Kier alpha value is -0.610. The first kappa shape index (κ1) is 8.97. The van der Waals surface area contributed by atoms with Crippen molar-refractivity contribution in [1.82, 2.24) is 10.6 Å². The highest BCUT2D eigenvalue weighted by atomic mass is 16.5. The smallest absolute Gasteiger partial charge is 0.237 e. The Morgan fingerprint density at radius 2 is 2.23 bits per heavy atom. The lowest BCUT2D eigenvalue weighted by atomic mass is 10.0. The van der Waals surface area contributed by atoms with Gasteiger partial charge in [-0.1, -0.05) is 6.42 Å². The van der Waals surface area contributed by atoms with E-state index in [-0.39, 0.29) is 18.0 Å². The van der Waals surface area contributed by atoms with Crippen LogP contribution in [-0.4, -0.2) is 37.7 Å². The van der Waals surface area contributed by atoms with Gasteiger partial charge in [-0.25, -0.2) is 0 Å². The van der Waals surface area contributed by atoms with E-state index in [9.17, 15) is 4.79 Å². The van der Waals surface area contributed by atoms with Crippen LogP contribution < -0.4 is 10.6 Å². The van der Waals surface area contributed by atoms with Gasteiger partial charge >= 0.3 is 0 Å². The van der Waals surface area contributed by atoms with E-state index in [2.05, 4.69) is 10.6 Å². The van der Waals surface area contributed by atoms with Gasteiger partial charge in [-0.05, 0) is 19.4 Å². The molecule has 2 aliphatic heterocycles. The summed E-state index contributed by atoms with van der Waals surface area (Å²) < 4.78 is 4.99. The quantitative estimate of drug-likeness (QED) is 0.616. The molecule has 74 valence electrons. The van der Waals surface area contributed by atoms with Gasteiger partial charge in [0.25, 0.3) is 0 Å². The number of nitrogens with one attached hydrogen (secondary N) is 2. The molecule has 4 nitrogen and oxygen atoms in total. The van der Waals surface area contributed by atoms with Crippen LogP contribution in [-0.2, 0) is 9.53 Å². The summed E-state index contributed by atoms with van der Waals surface area (Å²) in [6, 6.07) is 0.297. The maximum atomic E-state index is 11.6. The highest BCUT2D eigenvalue weighted by Gasteiger charge is 2.25. The number of carbonyl (C=O) groups excluding carboxylic acids is 1. The van der Waals surface area contributed by atoms with E-state index in [0.717, 1.165) is 19.4 Å². The van der Waals surface area contributed by atoms with Gasteiger partial charge in [-0.3, -0.25) is 4.79 Å². The van der Waals surface area contributed by atoms with Gasteiger partial charge < -0.3 is 15.4 Å². The third-order valence-corrected chi connectivity index (χ3v) is 2.61. The molecule has 2 N–H and O–H groups in total. The largest absolute Gasteiger partial charge is 0.377 e. The van der Waals surface area contributed by atoms with E-state index < -0.39 is 0 Å². The molecule has 0 spiro atoms. The van der Waals surface area contributed by atoms with Crippen LogP contribution in [0.5, 0.6) is 0 Å². The van der Waals surface area contributed by atoms with Gasteiger partial charge in [0.05, 0.1) is 25.3 Å².